The lowest BCUT2D eigenvalue weighted by molar-refractivity contribution is -0.113. The van der Waals surface area contributed by atoms with Crippen molar-refractivity contribution in [2.24, 2.45) is 0 Å². The van der Waals surface area contributed by atoms with E-state index in [9.17, 15) is 9.59 Å². The maximum atomic E-state index is 13.3. The maximum Gasteiger partial charge on any atom is 0.263 e. The number of carbonyl (C=O) groups is 1. The Bertz CT molecular complexity index is 1330. The number of halogens is 1. The summed E-state index contributed by atoms with van der Waals surface area (Å²) < 4.78 is 7.01. The summed E-state index contributed by atoms with van der Waals surface area (Å²) >= 11 is 8.84. The van der Waals surface area contributed by atoms with E-state index < -0.39 is 0 Å². The molecular formula is C22H20ClN3O3S2. The van der Waals surface area contributed by atoms with Gasteiger partial charge in [0.15, 0.2) is 5.16 Å². The minimum Gasteiger partial charge on any atom is -0.467 e. The summed E-state index contributed by atoms with van der Waals surface area (Å²) in [5, 5.41) is 4.57. The zero-order valence-corrected chi connectivity index (χ0v) is 19.6. The first kappa shape index (κ1) is 21.7. The molecule has 0 spiro atoms. The molecule has 3 heterocycles. The van der Waals surface area contributed by atoms with Crippen LogP contribution in [0.1, 0.15) is 21.8 Å². The van der Waals surface area contributed by atoms with Crippen LogP contribution in [0, 0.1) is 20.8 Å². The van der Waals surface area contributed by atoms with Gasteiger partial charge in [0.25, 0.3) is 5.56 Å². The molecule has 1 amide bonds. The van der Waals surface area contributed by atoms with Crippen LogP contribution in [-0.4, -0.2) is 21.2 Å². The molecule has 0 radical (unpaired) electrons. The number of furan rings is 1. The predicted octanol–water partition coefficient (Wildman–Crippen LogP) is 5.41. The highest BCUT2D eigenvalue weighted by molar-refractivity contribution is 7.99. The van der Waals surface area contributed by atoms with Crippen molar-refractivity contribution < 1.29 is 9.21 Å². The average Bonchev–Trinajstić information content (AvgIpc) is 3.34. The Balaban J connectivity index is 1.63. The Kier molecular flexibility index (Phi) is 6.22. The number of hydrogen-bond donors (Lipinski definition) is 1. The van der Waals surface area contributed by atoms with Crippen molar-refractivity contribution in [3.63, 3.8) is 0 Å². The van der Waals surface area contributed by atoms with Gasteiger partial charge >= 0.3 is 0 Å². The number of amides is 1. The number of anilines is 1. The molecule has 1 aromatic carbocycles. The first-order valence-electron chi connectivity index (χ1n) is 9.56. The SMILES string of the molecule is Cc1sc2nc(SCC(=O)Nc3cccc(Cl)c3C)n(Cc3ccco3)c(=O)c2c1C. The summed E-state index contributed by atoms with van der Waals surface area (Å²) in [7, 11) is 0. The van der Waals surface area contributed by atoms with Crippen LogP contribution < -0.4 is 10.9 Å². The second-order valence-electron chi connectivity index (χ2n) is 7.08. The molecule has 3 aromatic heterocycles. The minimum atomic E-state index is -0.201. The molecule has 0 saturated heterocycles. The van der Waals surface area contributed by atoms with Crippen LogP contribution in [0.4, 0.5) is 5.69 Å². The Morgan fingerprint density at radius 3 is 2.77 bits per heavy atom. The van der Waals surface area contributed by atoms with Crippen LogP contribution in [0.2, 0.25) is 5.02 Å². The molecule has 4 rings (SSSR count). The third kappa shape index (κ3) is 4.42. The fourth-order valence-corrected chi connectivity index (χ4v) is 5.22. The molecule has 31 heavy (non-hydrogen) atoms. The van der Waals surface area contributed by atoms with Crippen molar-refractivity contribution in [3.8, 4) is 0 Å². The topological polar surface area (TPSA) is 77.1 Å². The number of fused-ring (bicyclic) bond motifs is 1. The van der Waals surface area contributed by atoms with E-state index in [1.807, 2.05) is 26.8 Å². The molecule has 0 aliphatic heterocycles. The van der Waals surface area contributed by atoms with Crippen LogP contribution in [0.3, 0.4) is 0 Å². The number of aryl methyl sites for hydroxylation is 2. The fourth-order valence-electron chi connectivity index (χ4n) is 3.18. The fraction of sp³-hybridized carbons (Fsp3) is 0.227. The van der Waals surface area contributed by atoms with E-state index in [0.717, 1.165) is 16.0 Å². The number of nitrogens with one attached hydrogen (secondary N) is 1. The highest BCUT2D eigenvalue weighted by Crippen LogP contribution is 2.29. The lowest BCUT2D eigenvalue weighted by Gasteiger charge is -2.12. The van der Waals surface area contributed by atoms with E-state index in [1.54, 1.807) is 35.1 Å². The second-order valence-corrected chi connectivity index (χ2v) is 9.63. The third-order valence-electron chi connectivity index (χ3n) is 5.02. The summed E-state index contributed by atoms with van der Waals surface area (Å²) in [6.07, 6.45) is 1.57. The van der Waals surface area contributed by atoms with E-state index in [4.69, 9.17) is 21.0 Å². The lowest BCUT2D eigenvalue weighted by atomic mass is 10.2. The number of aromatic nitrogens is 2. The van der Waals surface area contributed by atoms with Gasteiger partial charge in [-0.1, -0.05) is 29.4 Å². The van der Waals surface area contributed by atoms with Gasteiger partial charge in [-0.25, -0.2) is 4.98 Å². The van der Waals surface area contributed by atoms with Crippen LogP contribution in [0.15, 0.2) is 51.0 Å². The van der Waals surface area contributed by atoms with E-state index >= 15 is 0 Å². The number of nitrogens with zero attached hydrogens (tertiary/aromatic N) is 2. The highest BCUT2D eigenvalue weighted by atomic mass is 35.5. The standard InChI is InChI=1S/C22H20ClN3O3S2/c1-12-14(3)31-20-19(12)21(28)26(10-15-6-5-9-29-15)22(25-20)30-11-18(27)24-17-8-4-7-16(23)13(17)2/h4-9H,10-11H2,1-3H3,(H,24,27). The highest BCUT2D eigenvalue weighted by Gasteiger charge is 2.19. The molecule has 0 aliphatic rings. The van der Waals surface area contributed by atoms with E-state index in [2.05, 4.69) is 5.32 Å². The van der Waals surface area contributed by atoms with Crippen LogP contribution >= 0.6 is 34.7 Å². The Hall–Kier alpha value is -2.55. The van der Waals surface area contributed by atoms with Gasteiger partial charge in [0, 0.05) is 15.6 Å². The molecule has 0 aliphatic carbocycles. The monoisotopic (exact) mass is 473 g/mol. The van der Waals surface area contributed by atoms with Crippen LogP contribution in [-0.2, 0) is 11.3 Å². The summed E-state index contributed by atoms with van der Waals surface area (Å²) in [5.41, 5.74) is 2.29. The lowest BCUT2D eigenvalue weighted by Crippen LogP contribution is -2.24. The second kappa shape index (κ2) is 8.90. The smallest absolute Gasteiger partial charge is 0.263 e. The Labute approximate surface area is 192 Å². The van der Waals surface area contributed by atoms with Gasteiger partial charge in [-0.15, -0.1) is 11.3 Å². The number of thiophene rings is 1. The third-order valence-corrected chi connectivity index (χ3v) is 7.51. The average molecular weight is 474 g/mol. The molecule has 0 unspecified atom stereocenters. The molecule has 9 heteroatoms. The first-order chi connectivity index (χ1) is 14.8. The zero-order chi connectivity index (χ0) is 22.1. The van der Waals surface area contributed by atoms with Crippen molar-refractivity contribution in [1.82, 2.24) is 9.55 Å². The maximum absolute atomic E-state index is 13.3. The molecule has 0 saturated carbocycles. The minimum absolute atomic E-state index is 0.103. The van der Waals surface area contributed by atoms with Crippen LogP contribution in [0.25, 0.3) is 10.2 Å². The summed E-state index contributed by atoms with van der Waals surface area (Å²) in [4.78, 5) is 32.3. The largest absolute Gasteiger partial charge is 0.467 e. The molecule has 0 atom stereocenters. The normalized spacial score (nSPS) is 11.2. The number of benzene rings is 1. The molecule has 160 valence electrons. The van der Waals surface area contributed by atoms with Gasteiger partial charge in [-0.3, -0.25) is 14.2 Å². The van der Waals surface area contributed by atoms with E-state index in [1.165, 1.54) is 23.1 Å². The number of rotatable bonds is 6. The molecule has 0 bridgehead atoms. The Morgan fingerprint density at radius 2 is 2.03 bits per heavy atom. The van der Waals surface area contributed by atoms with E-state index in [0.29, 0.717) is 31.8 Å². The number of hydrogen-bond acceptors (Lipinski definition) is 6. The van der Waals surface area contributed by atoms with Gasteiger partial charge < -0.3 is 9.73 Å². The number of thioether (sulfide) groups is 1. The summed E-state index contributed by atoms with van der Waals surface area (Å²) in [6, 6.07) is 8.96. The first-order valence-corrected chi connectivity index (χ1v) is 11.7. The predicted molar refractivity (Wildman–Crippen MR) is 127 cm³/mol. The molecular weight excluding hydrogens is 454 g/mol. The quantitative estimate of drug-likeness (QED) is 0.299. The van der Waals surface area contributed by atoms with E-state index in [-0.39, 0.29) is 23.8 Å². The zero-order valence-electron chi connectivity index (χ0n) is 17.2. The van der Waals surface area contributed by atoms with Crippen molar-refractivity contribution >= 4 is 56.5 Å². The summed E-state index contributed by atoms with van der Waals surface area (Å²) in [6.45, 7) is 6.01. The molecule has 0 fully saturated rings. The van der Waals surface area contributed by atoms with Crippen molar-refractivity contribution in [2.45, 2.75) is 32.5 Å². The van der Waals surface area contributed by atoms with Gasteiger partial charge in [-0.05, 0) is 56.2 Å². The van der Waals surface area contributed by atoms with Crippen molar-refractivity contribution in [3.05, 3.63) is 73.7 Å². The molecule has 4 aromatic rings. The Morgan fingerprint density at radius 1 is 1.23 bits per heavy atom. The molecule has 6 nitrogen and oxygen atoms in total. The van der Waals surface area contributed by atoms with Crippen molar-refractivity contribution in [2.75, 3.05) is 11.1 Å². The van der Waals surface area contributed by atoms with Gasteiger partial charge in [-0.2, -0.15) is 0 Å². The van der Waals surface area contributed by atoms with Gasteiger partial charge in [0.2, 0.25) is 5.91 Å². The van der Waals surface area contributed by atoms with Gasteiger partial charge in [0.05, 0.1) is 23.9 Å². The van der Waals surface area contributed by atoms with Crippen LogP contribution in [0.5, 0.6) is 0 Å². The molecule has 1 N–H and O–H groups in total. The summed E-state index contributed by atoms with van der Waals surface area (Å²) in [5.74, 6) is 0.548. The number of carbonyl (C=O) groups excluding carboxylic acids is 1. The van der Waals surface area contributed by atoms with Gasteiger partial charge in [0.1, 0.15) is 10.6 Å². The van der Waals surface area contributed by atoms with Crippen molar-refractivity contribution in [1.29, 1.82) is 0 Å².